The SMILES string of the molecule is Cc1cc(F)ccc1C(C(=O)O)N(C)C=O. The van der Waals surface area contributed by atoms with Crippen molar-refractivity contribution in [2.75, 3.05) is 7.05 Å². The predicted octanol–water partition coefficient (Wildman–Crippen LogP) is 1.35. The molecule has 1 unspecified atom stereocenters. The summed E-state index contributed by atoms with van der Waals surface area (Å²) in [4.78, 5) is 22.7. The zero-order chi connectivity index (χ0) is 12.3. The summed E-state index contributed by atoms with van der Waals surface area (Å²) < 4.78 is 12.9. The van der Waals surface area contributed by atoms with Gasteiger partial charge in [0.15, 0.2) is 6.04 Å². The van der Waals surface area contributed by atoms with Crippen LogP contribution in [0, 0.1) is 12.7 Å². The third kappa shape index (κ3) is 2.36. The molecule has 1 N–H and O–H groups in total. The Hall–Kier alpha value is -1.91. The minimum atomic E-state index is -1.15. The number of benzene rings is 1. The molecule has 0 saturated carbocycles. The number of carbonyl (C=O) groups excluding carboxylic acids is 1. The molecule has 0 fully saturated rings. The molecule has 1 aromatic carbocycles. The number of likely N-dealkylation sites (N-methyl/N-ethyl adjacent to an activating group) is 1. The van der Waals surface area contributed by atoms with E-state index in [1.165, 1.54) is 25.2 Å². The smallest absolute Gasteiger partial charge is 0.331 e. The standard InChI is InChI=1S/C11H12FNO3/c1-7-5-8(12)3-4-9(7)10(11(15)16)13(2)6-14/h3-6,10H,1-2H3,(H,15,16). The molecule has 0 aromatic heterocycles. The first-order valence-corrected chi connectivity index (χ1v) is 4.63. The summed E-state index contributed by atoms with van der Waals surface area (Å²) in [5.74, 6) is -1.58. The van der Waals surface area contributed by atoms with Gasteiger partial charge in [-0.15, -0.1) is 0 Å². The maximum atomic E-state index is 12.9. The molecule has 1 amide bonds. The highest BCUT2D eigenvalue weighted by molar-refractivity contribution is 5.78. The molecule has 4 nitrogen and oxygen atoms in total. The number of carboxylic acids is 1. The van der Waals surface area contributed by atoms with Crippen molar-refractivity contribution in [1.29, 1.82) is 0 Å². The van der Waals surface area contributed by atoms with Gasteiger partial charge in [-0.2, -0.15) is 0 Å². The minimum absolute atomic E-state index is 0.406. The fourth-order valence-electron chi connectivity index (χ4n) is 1.53. The highest BCUT2D eigenvalue weighted by atomic mass is 19.1. The van der Waals surface area contributed by atoms with Crippen molar-refractivity contribution in [2.24, 2.45) is 0 Å². The summed E-state index contributed by atoms with van der Waals surface area (Å²) in [7, 11) is 1.37. The Balaban J connectivity index is 3.21. The number of aliphatic carboxylic acids is 1. The Morgan fingerprint density at radius 1 is 1.56 bits per heavy atom. The summed E-state index contributed by atoms with van der Waals surface area (Å²) in [5.41, 5.74) is 0.907. The molecule has 0 spiro atoms. The lowest BCUT2D eigenvalue weighted by molar-refractivity contribution is -0.145. The van der Waals surface area contributed by atoms with Crippen LogP contribution in [0.4, 0.5) is 4.39 Å². The van der Waals surface area contributed by atoms with E-state index in [0.29, 0.717) is 17.5 Å². The lowest BCUT2D eigenvalue weighted by atomic mass is 10.0. The molecule has 0 aliphatic carbocycles. The largest absolute Gasteiger partial charge is 0.479 e. The monoisotopic (exact) mass is 225 g/mol. The van der Waals surface area contributed by atoms with Crippen LogP contribution in [0.1, 0.15) is 17.2 Å². The van der Waals surface area contributed by atoms with Crippen molar-refractivity contribution >= 4 is 12.4 Å². The Kier molecular flexibility index (Phi) is 3.60. The number of nitrogens with zero attached hydrogens (tertiary/aromatic N) is 1. The van der Waals surface area contributed by atoms with Crippen LogP contribution in [0.5, 0.6) is 0 Å². The Morgan fingerprint density at radius 3 is 2.62 bits per heavy atom. The molecular weight excluding hydrogens is 213 g/mol. The van der Waals surface area contributed by atoms with Crippen LogP contribution in [0.2, 0.25) is 0 Å². The molecule has 86 valence electrons. The molecular formula is C11H12FNO3. The number of halogens is 1. The predicted molar refractivity (Wildman–Crippen MR) is 55.3 cm³/mol. The summed E-state index contributed by atoms with van der Waals surface area (Å²) in [6.45, 7) is 1.60. The van der Waals surface area contributed by atoms with Crippen LogP contribution >= 0.6 is 0 Å². The molecule has 0 aliphatic heterocycles. The number of carbonyl (C=O) groups is 2. The number of rotatable bonds is 4. The van der Waals surface area contributed by atoms with Gasteiger partial charge in [-0.05, 0) is 30.2 Å². The molecule has 1 rings (SSSR count). The third-order valence-electron chi connectivity index (χ3n) is 2.33. The number of aryl methyl sites for hydroxylation is 1. The third-order valence-corrected chi connectivity index (χ3v) is 2.33. The molecule has 0 aliphatic rings. The maximum Gasteiger partial charge on any atom is 0.331 e. The first-order valence-electron chi connectivity index (χ1n) is 4.63. The second kappa shape index (κ2) is 4.74. The van der Waals surface area contributed by atoms with Crippen molar-refractivity contribution in [3.8, 4) is 0 Å². The van der Waals surface area contributed by atoms with E-state index in [1.807, 2.05) is 0 Å². The highest BCUT2D eigenvalue weighted by Gasteiger charge is 2.25. The molecule has 0 radical (unpaired) electrons. The molecule has 0 bridgehead atoms. The van der Waals surface area contributed by atoms with E-state index in [1.54, 1.807) is 6.92 Å². The van der Waals surface area contributed by atoms with Gasteiger partial charge in [-0.25, -0.2) is 9.18 Å². The van der Waals surface area contributed by atoms with Crippen LogP contribution < -0.4 is 0 Å². The Bertz CT molecular complexity index is 420. The zero-order valence-corrected chi connectivity index (χ0v) is 8.98. The summed E-state index contributed by atoms with van der Waals surface area (Å²) in [5, 5.41) is 9.03. The Morgan fingerprint density at radius 2 is 2.19 bits per heavy atom. The topological polar surface area (TPSA) is 57.6 Å². The number of hydrogen-bond acceptors (Lipinski definition) is 2. The quantitative estimate of drug-likeness (QED) is 0.787. The maximum absolute atomic E-state index is 12.9. The van der Waals surface area contributed by atoms with Gasteiger partial charge >= 0.3 is 5.97 Å². The average Bonchev–Trinajstić information content (AvgIpc) is 2.21. The van der Waals surface area contributed by atoms with E-state index in [4.69, 9.17) is 5.11 Å². The number of amides is 1. The van der Waals surface area contributed by atoms with Gasteiger partial charge in [-0.3, -0.25) is 4.79 Å². The van der Waals surface area contributed by atoms with E-state index in [-0.39, 0.29) is 0 Å². The first kappa shape index (κ1) is 12.2. The second-order valence-electron chi connectivity index (χ2n) is 3.51. The molecule has 1 atom stereocenters. The van der Waals surface area contributed by atoms with Gasteiger partial charge < -0.3 is 10.0 Å². The highest BCUT2D eigenvalue weighted by Crippen LogP contribution is 2.22. The lowest BCUT2D eigenvalue weighted by Gasteiger charge is -2.22. The van der Waals surface area contributed by atoms with E-state index < -0.39 is 17.8 Å². The summed E-state index contributed by atoms with van der Waals surface area (Å²) in [6.07, 6.45) is 0.432. The summed E-state index contributed by atoms with van der Waals surface area (Å²) >= 11 is 0. The molecule has 0 heterocycles. The molecule has 1 aromatic rings. The average molecular weight is 225 g/mol. The molecule has 5 heteroatoms. The van der Waals surface area contributed by atoms with Crippen LogP contribution in [-0.4, -0.2) is 29.4 Å². The van der Waals surface area contributed by atoms with Gasteiger partial charge in [-0.1, -0.05) is 6.07 Å². The van der Waals surface area contributed by atoms with E-state index in [9.17, 15) is 14.0 Å². The molecule has 0 saturated heterocycles. The van der Waals surface area contributed by atoms with Gasteiger partial charge in [0.05, 0.1) is 0 Å². The van der Waals surface area contributed by atoms with Crippen molar-refractivity contribution in [2.45, 2.75) is 13.0 Å². The zero-order valence-electron chi connectivity index (χ0n) is 8.98. The van der Waals surface area contributed by atoms with Gasteiger partial charge in [0, 0.05) is 7.05 Å². The van der Waals surface area contributed by atoms with Crippen LogP contribution in [0.15, 0.2) is 18.2 Å². The molecule has 16 heavy (non-hydrogen) atoms. The van der Waals surface area contributed by atoms with Crippen molar-refractivity contribution in [1.82, 2.24) is 4.90 Å². The minimum Gasteiger partial charge on any atom is -0.479 e. The van der Waals surface area contributed by atoms with E-state index in [2.05, 4.69) is 0 Å². The van der Waals surface area contributed by atoms with Crippen molar-refractivity contribution in [3.05, 3.63) is 35.1 Å². The van der Waals surface area contributed by atoms with Crippen LogP contribution in [0.25, 0.3) is 0 Å². The van der Waals surface area contributed by atoms with Crippen LogP contribution in [0.3, 0.4) is 0 Å². The first-order chi connectivity index (χ1) is 7.47. The second-order valence-corrected chi connectivity index (χ2v) is 3.51. The normalized spacial score (nSPS) is 11.9. The van der Waals surface area contributed by atoms with E-state index >= 15 is 0 Å². The fourth-order valence-corrected chi connectivity index (χ4v) is 1.53. The van der Waals surface area contributed by atoms with Crippen molar-refractivity contribution < 1.29 is 19.1 Å². The van der Waals surface area contributed by atoms with Gasteiger partial charge in [0.2, 0.25) is 6.41 Å². The van der Waals surface area contributed by atoms with Gasteiger partial charge in [0.1, 0.15) is 5.82 Å². The summed E-state index contributed by atoms with van der Waals surface area (Å²) in [6, 6.07) is 2.71. The van der Waals surface area contributed by atoms with Crippen LogP contribution in [-0.2, 0) is 9.59 Å². The lowest BCUT2D eigenvalue weighted by Crippen LogP contribution is -2.30. The fraction of sp³-hybridized carbons (Fsp3) is 0.273. The number of carboxylic acid groups (broad SMARTS) is 1. The van der Waals surface area contributed by atoms with Crippen molar-refractivity contribution in [3.63, 3.8) is 0 Å². The van der Waals surface area contributed by atoms with E-state index in [0.717, 1.165) is 4.90 Å². The Labute approximate surface area is 92.3 Å². The van der Waals surface area contributed by atoms with Gasteiger partial charge in [0.25, 0.3) is 0 Å². The number of hydrogen-bond donors (Lipinski definition) is 1.